The molecular formula is C17H16N2O2. The second kappa shape index (κ2) is 5.32. The average molecular weight is 280 g/mol. The van der Waals surface area contributed by atoms with Crippen molar-refractivity contribution in [3.8, 4) is 28.2 Å². The molecule has 0 spiro atoms. The summed E-state index contributed by atoms with van der Waals surface area (Å²) in [5.74, 6) is 1.73. The van der Waals surface area contributed by atoms with Crippen molar-refractivity contribution < 1.29 is 9.26 Å². The van der Waals surface area contributed by atoms with Crippen molar-refractivity contribution in [1.29, 1.82) is 0 Å². The van der Waals surface area contributed by atoms with E-state index in [2.05, 4.69) is 5.16 Å². The van der Waals surface area contributed by atoms with Crippen LogP contribution in [-0.2, 0) is 0 Å². The van der Waals surface area contributed by atoms with Crippen LogP contribution in [0.1, 0.15) is 5.56 Å². The van der Waals surface area contributed by atoms with Gasteiger partial charge >= 0.3 is 0 Å². The van der Waals surface area contributed by atoms with Gasteiger partial charge in [-0.1, -0.05) is 47.1 Å². The standard InChI is InChI=1S/C17H16N2O2/c1-11-8-9-14(20-2)13(10-11)16-15(17(18)19-21-16)12-6-4-3-5-7-12/h3-10H,1-2H3,(H2,18,19). The van der Waals surface area contributed by atoms with Gasteiger partial charge in [0.2, 0.25) is 0 Å². The van der Waals surface area contributed by atoms with Crippen molar-refractivity contribution in [2.45, 2.75) is 6.92 Å². The number of aryl methyl sites for hydroxylation is 1. The number of methoxy groups -OCH3 is 1. The van der Waals surface area contributed by atoms with Gasteiger partial charge in [-0.15, -0.1) is 0 Å². The summed E-state index contributed by atoms with van der Waals surface area (Å²) in [4.78, 5) is 0. The van der Waals surface area contributed by atoms with Crippen LogP contribution in [0.15, 0.2) is 53.1 Å². The Morgan fingerprint density at radius 1 is 1.10 bits per heavy atom. The van der Waals surface area contributed by atoms with Gasteiger partial charge in [0.05, 0.1) is 18.2 Å². The molecule has 3 aromatic rings. The molecule has 0 aliphatic heterocycles. The largest absolute Gasteiger partial charge is 0.496 e. The number of ether oxygens (including phenoxy) is 1. The van der Waals surface area contributed by atoms with Crippen LogP contribution in [0.4, 0.5) is 5.82 Å². The van der Waals surface area contributed by atoms with Gasteiger partial charge in [-0.25, -0.2) is 0 Å². The fourth-order valence-corrected chi connectivity index (χ4v) is 2.37. The first kappa shape index (κ1) is 13.2. The minimum Gasteiger partial charge on any atom is -0.496 e. The minimum atomic E-state index is 0.375. The summed E-state index contributed by atoms with van der Waals surface area (Å²) in [6.45, 7) is 2.02. The van der Waals surface area contributed by atoms with E-state index in [4.69, 9.17) is 15.0 Å². The summed E-state index contributed by atoms with van der Waals surface area (Å²) < 4.78 is 10.9. The van der Waals surface area contributed by atoms with E-state index in [1.165, 1.54) is 0 Å². The third kappa shape index (κ3) is 2.36. The van der Waals surface area contributed by atoms with Gasteiger partial charge in [0.25, 0.3) is 0 Å². The highest BCUT2D eigenvalue weighted by Gasteiger charge is 2.20. The van der Waals surface area contributed by atoms with Crippen LogP contribution in [-0.4, -0.2) is 12.3 Å². The van der Waals surface area contributed by atoms with Crippen LogP contribution in [0.5, 0.6) is 5.75 Å². The third-order valence-electron chi connectivity index (χ3n) is 3.38. The van der Waals surface area contributed by atoms with Crippen LogP contribution < -0.4 is 10.5 Å². The highest BCUT2D eigenvalue weighted by molar-refractivity contribution is 5.88. The summed E-state index contributed by atoms with van der Waals surface area (Å²) in [7, 11) is 1.64. The maximum atomic E-state index is 5.99. The molecule has 0 atom stereocenters. The zero-order chi connectivity index (χ0) is 14.8. The third-order valence-corrected chi connectivity index (χ3v) is 3.38. The second-order valence-corrected chi connectivity index (χ2v) is 4.84. The smallest absolute Gasteiger partial charge is 0.180 e. The Labute approximate surface area is 123 Å². The molecule has 2 aromatic carbocycles. The number of rotatable bonds is 3. The number of anilines is 1. The molecule has 3 rings (SSSR count). The van der Waals surface area contributed by atoms with Crippen molar-refractivity contribution in [2.24, 2.45) is 0 Å². The van der Waals surface area contributed by atoms with Crippen molar-refractivity contribution in [2.75, 3.05) is 12.8 Å². The lowest BCUT2D eigenvalue weighted by Crippen LogP contribution is -1.91. The second-order valence-electron chi connectivity index (χ2n) is 4.84. The first-order valence-corrected chi connectivity index (χ1v) is 6.66. The molecule has 0 saturated heterocycles. The Kier molecular flexibility index (Phi) is 3.36. The van der Waals surface area contributed by atoms with Gasteiger partial charge in [0.15, 0.2) is 11.6 Å². The summed E-state index contributed by atoms with van der Waals surface area (Å²) in [5.41, 5.74) is 9.71. The number of aromatic nitrogens is 1. The van der Waals surface area contributed by atoms with E-state index in [1.54, 1.807) is 7.11 Å². The van der Waals surface area contributed by atoms with Gasteiger partial charge in [-0.3, -0.25) is 0 Å². The Morgan fingerprint density at radius 3 is 2.57 bits per heavy atom. The molecule has 0 unspecified atom stereocenters. The maximum Gasteiger partial charge on any atom is 0.180 e. The number of nitrogen functional groups attached to an aromatic ring is 1. The van der Waals surface area contributed by atoms with Crippen LogP contribution in [0.3, 0.4) is 0 Å². The van der Waals surface area contributed by atoms with Gasteiger partial charge < -0.3 is 15.0 Å². The molecule has 0 amide bonds. The predicted molar refractivity (Wildman–Crippen MR) is 83.1 cm³/mol. The molecule has 0 radical (unpaired) electrons. The van der Waals surface area contributed by atoms with E-state index in [0.29, 0.717) is 11.6 Å². The molecule has 0 aliphatic carbocycles. The van der Waals surface area contributed by atoms with E-state index in [-0.39, 0.29) is 0 Å². The van der Waals surface area contributed by atoms with E-state index in [0.717, 1.165) is 28.0 Å². The monoisotopic (exact) mass is 280 g/mol. The lowest BCUT2D eigenvalue weighted by molar-refractivity contribution is 0.407. The van der Waals surface area contributed by atoms with E-state index >= 15 is 0 Å². The number of nitrogens with zero attached hydrogens (tertiary/aromatic N) is 1. The fraction of sp³-hybridized carbons (Fsp3) is 0.118. The topological polar surface area (TPSA) is 61.3 Å². The van der Waals surface area contributed by atoms with Crippen LogP contribution in [0, 0.1) is 6.92 Å². The molecule has 0 fully saturated rings. The Bertz CT molecular complexity index is 764. The highest BCUT2D eigenvalue weighted by Crippen LogP contribution is 2.40. The van der Waals surface area contributed by atoms with Crippen molar-refractivity contribution >= 4 is 5.82 Å². The van der Waals surface area contributed by atoms with Gasteiger partial charge in [-0.2, -0.15) is 0 Å². The molecule has 0 bridgehead atoms. The number of nitrogens with two attached hydrogens (primary N) is 1. The molecular weight excluding hydrogens is 264 g/mol. The Morgan fingerprint density at radius 2 is 1.86 bits per heavy atom. The van der Waals surface area contributed by atoms with Gasteiger partial charge in [-0.05, 0) is 24.6 Å². The summed E-state index contributed by atoms with van der Waals surface area (Å²) in [5, 5.41) is 3.92. The molecule has 4 nitrogen and oxygen atoms in total. The van der Waals surface area contributed by atoms with Gasteiger partial charge in [0, 0.05) is 0 Å². The molecule has 1 heterocycles. The molecule has 1 aromatic heterocycles. The van der Waals surface area contributed by atoms with Crippen LogP contribution in [0.2, 0.25) is 0 Å². The summed E-state index contributed by atoms with van der Waals surface area (Å²) in [6.07, 6.45) is 0. The SMILES string of the molecule is COc1ccc(C)cc1-c1onc(N)c1-c1ccccc1. The fourth-order valence-electron chi connectivity index (χ4n) is 2.37. The highest BCUT2D eigenvalue weighted by atomic mass is 16.5. The number of hydrogen-bond acceptors (Lipinski definition) is 4. The van der Waals surface area contributed by atoms with Crippen molar-refractivity contribution in [3.63, 3.8) is 0 Å². The van der Waals surface area contributed by atoms with E-state index in [9.17, 15) is 0 Å². The maximum absolute atomic E-state index is 5.99. The summed E-state index contributed by atoms with van der Waals surface area (Å²) >= 11 is 0. The first-order valence-electron chi connectivity index (χ1n) is 6.66. The molecule has 0 saturated carbocycles. The van der Waals surface area contributed by atoms with E-state index < -0.39 is 0 Å². The van der Waals surface area contributed by atoms with Crippen molar-refractivity contribution in [1.82, 2.24) is 5.16 Å². The predicted octanol–water partition coefficient (Wildman–Crippen LogP) is 3.91. The van der Waals surface area contributed by atoms with Crippen molar-refractivity contribution in [3.05, 3.63) is 54.1 Å². The van der Waals surface area contributed by atoms with Crippen LogP contribution in [0.25, 0.3) is 22.5 Å². The first-order chi connectivity index (χ1) is 10.2. The number of hydrogen-bond donors (Lipinski definition) is 1. The molecule has 106 valence electrons. The van der Waals surface area contributed by atoms with Gasteiger partial charge in [0.1, 0.15) is 5.75 Å². The van der Waals surface area contributed by atoms with Crippen LogP contribution >= 0.6 is 0 Å². The summed E-state index contributed by atoms with van der Waals surface area (Å²) in [6, 6.07) is 15.7. The lowest BCUT2D eigenvalue weighted by Gasteiger charge is -2.08. The molecule has 21 heavy (non-hydrogen) atoms. The molecule has 0 aliphatic rings. The quantitative estimate of drug-likeness (QED) is 0.790. The Balaban J connectivity index is 2.24. The minimum absolute atomic E-state index is 0.375. The number of benzene rings is 2. The molecule has 4 heteroatoms. The normalized spacial score (nSPS) is 10.6. The molecule has 2 N–H and O–H groups in total. The lowest BCUT2D eigenvalue weighted by atomic mass is 10.00. The Hall–Kier alpha value is -2.75. The van der Waals surface area contributed by atoms with E-state index in [1.807, 2.05) is 55.5 Å². The average Bonchev–Trinajstić information content (AvgIpc) is 2.89. The zero-order valence-electron chi connectivity index (χ0n) is 12.0. The zero-order valence-corrected chi connectivity index (χ0v) is 12.0.